The summed E-state index contributed by atoms with van der Waals surface area (Å²) in [5.41, 5.74) is 0.181. The summed E-state index contributed by atoms with van der Waals surface area (Å²) in [6.45, 7) is 1.56. The van der Waals surface area contributed by atoms with Crippen LogP contribution in [0.5, 0.6) is 11.5 Å². The highest BCUT2D eigenvalue weighted by Gasteiger charge is 2.10. The summed E-state index contributed by atoms with van der Waals surface area (Å²) in [5.74, 6) is -0.590. The lowest BCUT2D eigenvalue weighted by Gasteiger charge is -2.10. The number of amides is 1. The fourth-order valence-electron chi connectivity index (χ4n) is 1.56. The summed E-state index contributed by atoms with van der Waals surface area (Å²) >= 11 is 0. The summed E-state index contributed by atoms with van der Waals surface area (Å²) in [6, 6.07) is 3.93. The van der Waals surface area contributed by atoms with E-state index < -0.39 is 0 Å². The Hall–Kier alpha value is -1.75. The molecule has 5 heteroatoms. The molecule has 1 aromatic carbocycles. The minimum Gasteiger partial charge on any atom is -0.508 e. The third kappa shape index (κ3) is 4.63. The molecule has 0 atom stereocenters. The molecular weight excluding hydrogens is 232 g/mol. The zero-order chi connectivity index (χ0) is 13.5. The highest BCUT2D eigenvalue weighted by atomic mass is 16.3. The van der Waals surface area contributed by atoms with Gasteiger partial charge in [-0.25, -0.2) is 0 Å². The van der Waals surface area contributed by atoms with E-state index >= 15 is 0 Å². The highest BCUT2D eigenvalue weighted by molar-refractivity contribution is 5.96. The third-order valence-corrected chi connectivity index (χ3v) is 2.54. The lowest BCUT2D eigenvalue weighted by atomic mass is 10.1. The predicted octanol–water partition coefficient (Wildman–Crippen LogP) is 1.17. The Kier molecular flexibility index (Phi) is 5.45. The van der Waals surface area contributed by atoms with Crippen molar-refractivity contribution in [2.75, 3.05) is 27.2 Å². The first kappa shape index (κ1) is 14.3. The zero-order valence-corrected chi connectivity index (χ0v) is 10.8. The molecule has 5 nitrogen and oxygen atoms in total. The maximum Gasteiger partial charge on any atom is 0.255 e. The first-order chi connectivity index (χ1) is 8.50. The van der Waals surface area contributed by atoms with E-state index in [1.165, 1.54) is 12.1 Å². The van der Waals surface area contributed by atoms with Crippen LogP contribution in [0.15, 0.2) is 18.2 Å². The van der Waals surface area contributed by atoms with Crippen LogP contribution in [0.1, 0.15) is 23.2 Å². The van der Waals surface area contributed by atoms with Gasteiger partial charge in [0.25, 0.3) is 5.91 Å². The number of nitrogens with zero attached hydrogens (tertiary/aromatic N) is 1. The number of nitrogens with one attached hydrogen (secondary N) is 1. The Labute approximate surface area is 107 Å². The maximum atomic E-state index is 11.7. The number of hydrogen-bond donors (Lipinski definition) is 3. The molecule has 3 N–H and O–H groups in total. The number of hydrogen-bond acceptors (Lipinski definition) is 4. The summed E-state index contributed by atoms with van der Waals surface area (Å²) in [4.78, 5) is 13.8. The van der Waals surface area contributed by atoms with Crippen LogP contribution in [0.2, 0.25) is 0 Å². The lowest BCUT2D eigenvalue weighted by Crippen LogP contribution is -2.25. The van der Waals surface area contributed by atoms with E-state index in [4.69, 9.17) is 5.11 Å². The summed E-state index contributed by atoms with van der Waals surface area (Å²) < 4.78 is 0. The Morgan fingerprint density at radius 2 is 2.00 bits per heavy atom. The van der Waals surface area contributed by atoms with E-state index in [1.807, 2.05) is 14.1 Å². The second kappa shape index (κ2) is 6.86. The molecule has 0 saturated heterocycles. The van der Waals surface area contributed by atoms with Crippen molar-refractivity contribution in [2.24, 2.45) is 0 Å². The average molecular weight is 252 g/mol. The second-order valence-corrected chi connectivity index (χ2v) is 4.47. The molecule has 0 fully saturated rings. The van der Waals surface area contributed by atoms with Crippen LogP contribution in [-0.4, -0.2) is 48.2 Å². The Morgan fingerprint density at radius 3 is 2.61 bits per heavy atom. The molecule has 0 aliphatic heterocycles. The molecule has 0 aliphatic carbocycles. The molecule has 0 saturated carbocycles. The number of phenols is 2. The van der Waals surface area contributed by atoms with Gasteiger partial charge in [0.15, 0.2) is 0 Å². The molecule has 0 spiro atoms. The first-order valence-electron chi connectivity index (χ1n) is 5.95. The predicted molar refractivity (Wildman–Crippen MR) is 69.9 cm³/mol. The van der Waals surface area contributed by atoms with Crippen molar-refractivity contribution >= 4 is 5.91 Å². The molecule has 0 aromatic heterocycles. The van der Waals surface area contributed by atoms with Crippen LogP contribution in [-0.2, 0) is 0 Å². The standard InChI is InChI=1S/C13H20N2O3/c1-15(2)8-4-3-7-14-13(18)11-6-5-10(16)9-12(11)17/h5-6,9,16-17H,3-4,7-8H2,1-2H3,(H,14,18). The number of carbonyl (C=O) groups is 1. The number of carbonyl (C=O) groups excluding carboxylic acids is 1. The van der Waals surface area contributed by atoms with Crippen molar-refractivity contribution in [2.45, 2.75) is 12.8 Å². The fourth-order valence-corrected chi connectivity index (χ4v) is 1.56. The van der Waals surface area contributed by atoms with Crippen molar-refractivity contribution in [1.29, 1.82) is 0 Å². The largest absolute Gasteiger partial charge is 0.508 e. The topological polar surface area (TPSA) is 72.8 Å². The molecule has 0 bridgehead atoms. The van der Waals surface area contributed by atoms with Crippen molar-refractivity contribution < 1.29 is 15.0 Å². The second-order valence-electron chi connectivity index (χ2n) is 4.47. The molecule has 0 aliphatic rings. The van der Waals surface area contributed by atoms with Crippen molar-refractivity contribution in [3.8, 4) is 11.5 Å². The molecule has 100 valence electrons. The molecule has 1 amide bonds. The summed E-state index contributed by atoms with van der Waals surface area (Å²) in [6.07, 6.45) is 1.90. The van der Waals surface area contributed by atoms with Gasteiger partial charge in [0.1, 0.15) is 11.5 Å². The van der Waals surface area contributed by atoms with Crippen LogP contribution in [0.25, 0.3) is 0 Å². The van der Waals surface area contributed by atoms with Crippen LogP contribution in [0.4, 0.5) is 0 Å². The van der Waals surface area contributed by atoms with E-state index in [2.05, 4.69) is 10.2 Å². The highest BCUT2D eigenvalue weighted by Crippen LogP contribution is 2.22. The van der Waals surface area contributed by atoms with Gasteiger partial charge in [0.05, 0.1) is 5.56 Å². The number of rotatable bonds is 6. The Bertz CT molecular complexity index is 405. The quantitative estimate of drug-likeness (QED) is 0.664. The molecule has 18 heavy (non-hydrogen) atoms. The monoisotopic (exact) mass is 252 g/mol. The molecule has 0 radical (unpaired) electrons. The van der Waals surface area contributed by atoms with Crippen LogP contribution < -0.4 is 5.32 Å². The lowest BCUT2D eigenvalue weighted by molar-refractivity contribution is 0.0950. The van der Waals surface area contributed by atoms with E-state index in [0.29, 0.717) is 6.54 Å². The van der Waals surface area contributed by atoms with Gasteiger partial charge in [-0.3, -0.25) is 4.79 Å². The van der Waals surface area contributed by atoms with Gasteiger partial charge in [-0.1, -0.05) is 0 Å². The number of unbranched alkanes of at least 4 members (excludes halogenated alkanes) is 1. The van der Waals surface area contributed by atoms with Crippen molar-refractivity contribution in [3.05, 3.63) is 23.8 Å². The van der Waals surface area contributed by atoms with Gasteiger partial charge in [-0.15, -0.1) is 0 Å². The summed E-state index contributed by atoms with van der Waals surface area (Å²) in [5, 5.41) is 21.4. The third-order valence-electron chi connectivity index (χ3n) is 2.54. The average Bonchev–Trinajstić information content (AvgIpc) is 2.27. The van der Waals surface area contributed by atoms with E-state index in [1.54, 1.807) is 0 Å². The fraction of sp³-hybridized carbons (Fsp3) is 0.462. The Morgan fingerprint density at radius 1 is 1.28 bits per heavy atom. The van der Waals surface area contributed by atoms with E-state index in [9.17, 15) is 9.90 Å². The Balaban J connectivity index is 2.36. The number of benzene rings is 1. The molecular formula is C13H20N2O3. The van der Waals surface area contributed by atoms with Gasteiger partial charge in [-0.05, 0) is 45.6 Å². The molecule has 1 rings (SSSR count). The van der Waals surface area contributed by atoms with E-state index in [-0.39, 0.29) is 23.0 Å². The van der Waals surface area contributed by atoms with Gasteiger partial charge in [-0.2, -0.15) is 0 Å². The molecule has 1 aromatic rings. The van der Waals surface area contributed by atoms with Crippen LogP contribution in [0.3, 0.4) is 0 Å². The molecule has 0 heterocycles. The summed E-state index contributed by atoms with van der Waals surface area (Å²) in [7, 11) is 4.01. The minimum atomic E-state index is -0.322. The number of aromatic hydroxyl groups is 2. The van der Waals surface area contributed by atoms with Gasteiger partial charge in [0, 0.05) is 12.6 Å². The normalized spacial score (nSPS) is 10.6. The van der Waals surface area contributed by atoms with Gasteiger partial charge in [0.2, 0.25) is 0 Å². The maximum absolute atomic E-state index is 11.7. The zero-order valence-electron chi connectivity index (χ0n) is 10.8. The van der Waals surface area contributed by atoms with Gasteiger partial charge >= 0.3 is 0 Å². The van der Waals surface area contributed by atoms with Crippen LogP contribution in [0, 0.1) is 0 Å². The molecule has 0 unspecified atom stereocenters. The SMILES string of the molecule is CN(C)CCCCNC(=O)c1ccc(O)cc1O. The first-order valence-corrected chi connectivity index (χ1v) is 5.95. The van der Waals surface area contributed by atoms with Crippen molar-refractivity contribution in [3.63, 3.8) is 0 Å². The van der Waals surface area contributed by atoms with E-state index in [0.717, 1.165) is 25.5 Å². The van der Waals surface area contributed by atoms with Crippen LogP contribution >= 0.6 is 0 Å². The smallest absolute Gasteiger partial charge is 0.255 e. The van der Waals surface area contributed by atoms with Crippen molar-refractivity contribution in [1.82, 2.24) is 10.2 Å². The number of phenolic OH excluding ortho intramolecular Hbond substituents is 2. The minimum absolute atomic E-state index is 0.0602. The van der Waals surface area contributed by atoms with Gasteiger partial charge < -0.3 is 20.4 Å².